The molecule has 0 bridgehead atoms. The molecule has 0 aromatic heterocycles. The lowest BCUT2D eigenvalue weighted by atomic mass is 10.1. The predicted molar refractivity (Wildman–Crippen MR) is 101 cm³/mol. The van der Waals surface area contributed by atoms with Gasteiger partial charge in [0.05, 0.1) is 17.3 Å². The van der Waals surface area contributed by atoms with Crippen molar-refractivity contribution in [3.05, 3.63) is 65.5 Å². The second kappa shape index (κ2) is 8.76. The molecule has 5 nitrogen and oxygen atoms in total. The monoisotopic (exact) mass is 368 g/mol. The number of halogens is 1. The van der Waals surface area contributed by atoms with Gasteiger partial charge in [0.15, 0.2) is 6.04 Å². The molecule has 1 aliphatic heterocycles. The summed E-state index contributed by atoms with van der Waals surface area (Å²) in [7, 11) is 0. The van der Waals surface area contributed by atoms with E-state index in [0.717, 1.165) is 32.7 Å². The van der Waals surface area contributed by atoms with Crippen molar-refractivity contribution in [2.75, 3.05) is 31.5 Å². The second-order valence-corrected chi connectivity index (χ2v) is 7.08. The van der Waals surface area contributed by atoms with Crippen molar-refractivity contribution in [2.24, 2.45) is 0 Å². The van der Waals surface area contributed by atoms with Gasteiger partial charge < -0.3 is 15.1 Å². The summed E-state index contributed by atoms with van der Waals surface area (Å²) in [5.41, 5.74) is 2.13. The lowest BCUT2D eigenvalue weighted by Gasteiger charge is -2.32. The Hall–Kier alpha value is -2.75. The van der Waals surface area contributed by atoms with Crippen LogP contribution in [0.4, 0.5) is 10.1 Å². The van der Waals surface area contributed by atoms with E-state index in [-0.39, 0.29) is 17.6 Å². The molecule has 0 spiro atoms. The van der Waals surface area contributed by atoms with E-state index in [0.29, 0.717) is 5.56 Å². The highest BCUT2D eigenvalue weighted by Crippen LogP contribution is 2.12. The summed E-state index contributed by atoms with van der Waals surface area (Å²) >= 11 is 0. The standard InChI is InChI=1S/C21H23FN4O/c1-16(21(27)24-20-5-3-2-4-19(20)22)26-12-10-25(11-13-26)15-18-8-6-17(14-23)7-9-18/h2-9,16H,10-13,15H2,1H3,(H,24,27)/p+2/t16-/m1/s1. The lowest BCUT2D eigenvalue weighted by Crippen LogP contribution is -3.29. The Bertz CT molecular complexity index is 823. The molecule has 2 aromatic carbocycles. The van der Waals surface area contributed by atoms with E-state index in [9.17, 15) is 9.18 Å². The van der Waals surface area contributed by atoms with Crippen molar-refractivity contribution in [1.29, 1.82) is 5.26 Å². The van der Waals surface area contributed by atoms with Crippen LogP contribution in [0.5, 0.6) is 0 Å². The Morgan fingerprint density at radius 1 is 1.15 bits per heavy atom. The van der Waals surface area contributed by atoms with Gasteiger partial charge in [-0.25, -0.2) is 4.39 Å². The topological polar surface area (TPSA) is 61.8 Å². The number of hydrogen-bond donors (Lipinski definition) is 3. The van der Waals surface area contributed by atoms with Crippen LogP contribution >= 0.6 is 0 Å². The molecule has 3 N–H and O–H groups in total. The third-order valence-electron chi connectivity index (χ3n) is 5.27. The molecule has 3 rings (SSSR count). The van der Waals surface area contributed by atoms with Crippen molar-refractivity contribution in [3.63, 3.8) is 0 Å². The number of carbonyl (C=O) groups is 1. The second-order valence-electron chi connectivity index (χ2n) is 7.08. The molecular formula is C21H25FN4O+2. The molecule has 0 radical (unpaired) electrons. The Kier molecular flexibility index (Phi) is 6.17. The highest BCUT2D eigenvalue weighted by atomic mass is 19.1. The fraction of sp³-hybridized carbons (Fsp3) is 0.333. The zero-order chi connectivity index (χ0) is 19.2. The molecule has 1 saturated heterocycles. The van der Waals surface area contributed by atoms with Crippen LogP contribution in [0.25, 0.3) is 0 Å². The fourth-order valence-electron chi connectivity index (χ4n) is 3.51. The summed E-state index contributed by atoms with van der Waals surface area (Å²) in [6.07, 6.45) is 0. The van der Waals surface area contributed by atoms with Crippen molar-refractivity contribution < 1.29 is 19.0 Å². The fourth-order valence-corrected chi connectivity index (χ4v) is 3.51. The average molecular weight is 368 g/mol. The number of rotatable bonds is 5. The van der Waals surface area contributed by atoms with Crippen LogP contribution in [-0.4, -0.2) is 38.1 Å². The van der Waals surface area contributed by atoms with Gasteiger partial charge in [0.1, 0.15) is 38.5 Å². The van der Waals surface area contributed by atoms with Crippen molar-refractivity contribution in [2.45, 2.75) is 19.5 Å². The largest absolute Gasteiger partial charge is 0.322 e. The summed E-state index contributed by atoms with van der Waals surface area (Å²) in [5, 5.41) is 11.6. The smallest absolute Gasteiger partial charge is 0.282 e. The molecule has 1 fully saturated rings. The zero-order valence-electron chi connectivity index (χ0n) is 15.5. The van der Waals surface area contributed by atoms with Gasteiger partial charge in [-0.05, 0) is 31.2 Å². The van der Waals surface area contributed by atoms with E-state index < -0.39 is 5.82 Å². The van der Waals surface area contributed by atoms with Crippen LogP contribution in [0.15, 0.2) is 48.5 Å². The molecule has 6 heteroatoms. The molecule has 1 atom stereocenters. The number of amides is 1. The third-order valence-corrected chi connectivity index (χ3v) is 5.27. The van der Waals surface area contributed by atoms with Crippen molar-refractivity contribution >= 4 is 11.6 Å². The number of carbonyl (C=O) groups excluding carboxylic acids is 1. The molecule has 1 amide bonds. The minimum atomic E-state index is -0.412. The minimum absolute atomic E-state index is 0.148. The number of nitriles is 1. The molecular weight excluding hydrogens is 343 g/mol. The summed E-state index contributed by atoms with van der Waals surface area (Å²) < 4.78 is 13.7. The highest BCUT2D eigenvalue weighted by molar-refractivity contribution is 5.93. The molecule has 1 aliphatic rings. The van der Waals surface area contributed by atoms with Crippen molar-refractivity contribution in [1.82, 2.24) is 0 Å². The van der Waals surface area contributed by atoms with Crippen molar-refractivity contribution in [3.8, 4) is 6.07 Å². The summed E-state index contributed by atoms with van der Waals surface area (Å²) in [5.74, 6) is -0.560. The van der Waals surface area contributed by atoms with Crippen LogP contribution in [0, 0.1) is 17.1 Å². The van der Waals surface area contributed by atoms with Crippen LogP contribution in [-0.2, 0) is 11.3 Å². The molecule has 27 heavy (non-hydrogen) atoms. The van der Waals surface area contributed by atoms with E-state index in [1.807, 2.05) is 31.2 Å². The first-order chi connectivity index (χ1) is 13.1. The van der Waals surface area contributed by atoms with Crippen LogP contribution in [0.2, 0.25) is 0 Å². The normalized spacial score (nSPS) is 20.5. The Morgan fingerprint density at radius 3 is 2.44 bits per heavy atom. The average Bonchev–Trinajstić information content (AvgIpc) is 2.70. The van der Waals surface area contributed by atoms with E-state index in [1.165, 1.54) is 21.4 Å². The van der Waals surface area contributed by atoms with E-state index >= 15 is 0 Å². The van der Waals surface area contributed by atoms with Gasteiger partial charge in [-0.2, -0.15) is 5.26 Å². The molecule has 2 aromatic rings. The van der Waals surface area contributed by atoms with Crippen LogP contribution in [0.1, 0.15) is 18.1 Å². The Labute approximate surface area is 159 Å². The summed E-state index contributed by atoms with van der Waals surface area (Å²) in [4.78, 5) is 15.2. The third kappa shape index (κ3) is 4.91. The maximum Gasteiger partial charge on any atom is 0.282 e. The Morgan fingerprint density at radius 2 is 1.81 bits per heavy atom. The van der Waals surface area contributed by atoms with Gasteiger partial charge in [-0.3, -0.25) is 4.79 Å². The van der Waals surface area contributed by atoms with Crippen LogP contribution in [0.3, 0.4) is 0 Å². The van der Waals surface area contributed by atoms with Gasteiger partial charge >= 0.3 is 0 Å². The first kappa shape index (κ1) is 19.0. The number of hydrogen-bond acceptors (Lipinski definition) is 2. The van der Waals surface area contributed by atoms with E-state index in [2.05, 4.69) is 11.4 Å². The van der Waals surface area contributed by atoms with Gasteiger partial charge in [0, 0.05) is 5.56 Å². The Balaban J connectivity index is 1.49. The number of nitrogens with zero attached hydrogens (tertiary/aromatic N) is 1. The van der Waals surface area contributed by atoms with E-state index in [4.69, 9.17) is 5.26 Å². The summed E-state index contributed by atoms with van der Waals surface area (Å²) in [6, 6.07) is 15.9. The maximum atomic E-state index is 13.7. The number of quaternary nitrogens is 2. The van der Waals surface area contributed by atoms with Gasteiger partial charge in [0.2, 0.25) is 0 Å². The minimum Gasteiger partial charge on any atom is -0.322 e. The van der Waals surface area contributed by atoms with Gasteiger partial charge in [0.25, 0.3) is 5.91 Å². The quantitative estimate of drug-likeness (QED) is 0.696. The molecule has 0 unspecified atom stereocenters. The highest BCUT2D eigenvalue weighted by Gasteiger charge is 2.31. The number of piperazine rings is 1. The SMILES string of the molecule is C[C@H](C(=O)Nc1ccccc1F)[NH+]1CC[NH+](Cc2ccc(C#N)cc2)CC1. The molecule has 0 aliphatic carbocycles. The molecule has 1 heterocycles. The summed E-state index contributed by atoms with van der Waals surface area (Å²) in [6.45, 7) is 6.58. The first-order valence-electron chi connectivity index (χ1n) is 9.29. The van der Waals surface area contributed by atoms with Gasteiger partial charge in [-0.15, -0.1) is 0 Å². The number of benzene rings is 2. The van der Waals surface area contributed by atoms with E-state index in [1.54, 1.807) is 18.2 Å². The number of para-hydroxylation sites is 1. The molecule has 140 valence electrons. The maximum absolute atomic E-state index is 13.7. The molecule has 0 saturated carbocycles. The zero-order valence-corrected chi connectivity index (χ0v) is 15.5. The predicted octanol–water partition coefficient (Wildman–Crippen LogP) is 0.00798. The number of anilines is 1. The van der Waals surface area contributed by atoms with Crippen LogP contribution < -0.4 is 15.1 Å². The van der Waals surface area contributed by atoms with Gasteiger partial charge in [-0.1, -0.05) is 24.3 Å². The number of nitrogens with one attached hydrogen (secondary N) is 3. The first-order valence-corrected chi connectivity index (χ1v) is 9.29. The lowest BCUT2D eigenvalue weighted by molar-refractivity contribution is -1.02.